The van der Waals surface area contributed by atoms with Gasteiger partial charge in [-0.05, 0) is 66.7 Å². The fourth-order valence-electron chi connectivity index (χ4n) is 7.64. The van der Waals surface area contributed by atoms with Gasteiger partial charge in [0.1, 0.15) is 6.07 Å². The first-order chi connectivity index (χ1) is 25.6. The molecular weight excluding hydrogens is 637 g/mol. The van der Waals surface area contributed by atoms with Gasteiger partial charge < -0.3 is 9.13 Å². The van der Waals surface area contributed by atoms with Crippen LogP contribution < -0.4 is 0 Å². The van der Waals surface area contributed by atoms with Gasteiger partial charge in [-0.15, -0.1) is 0 Å². The molecule has 2 heterocycles. The average Bonchev–Trinajstić information content (AvgIpc) is 3.72. The summed E-state index contributed by atoms with van der Waals surface area (Å²) in [7, 11) is 0. The molecule has 7 aromatic carbocycles. The highest BCUT2D eigenvalue weighted by molar-refractivity contribution is 6.11. The van der Waals surface area contributed by atoms with Gasteiger partial charge in [-0.25, -0.2) is 0 Å². The van der Waals surface area contributed by atoms with E-state index in [0.717, 1.165) is 66.1 Å². The molecule has 52 heavy (non-hydrogen) atoms. The van der Waals surface area contributed by atoms with E-state index in [-0.39, 0.29) is 0 Å². The van der Waals surface area contributed by atoms with Gasteiger partial charge in [0.15, 0.2) is 0 Å². The van der Waals surface area contributed by atoms with Crippen molar-refractivity contribution in [3.8, 4) is 57.9 Å². The SMILES string of the molecule is N#Cc1ccc2c(c1)c1cc(C#N)ccc1n2-c1ccc(-c2cccc(-c3ccccc3-n3c4ccccc4c4ccccc43)c2C#N)c(C#N)c1. The minimum atomic E-state index is 0.416. The van der Waals surface area contributed by atoms with Crippen molar-refractivity contribution in [1.29, 1.82) is 21.0 Å². The molecule has 0 amide bonds. The number of hydrogen-bond donors (Lipinski definition) is 0. The lowest BCUT2D eigenvalue weighted by atomic mass is 9.89. The molecule has 0 aliphatic rings. The zero-order valence-electron chi connectivity index (χ0n) is 27.5. The van der Waals surface area contributed by atoms with Crippen LogP contribution in [0.4, 0.5) is 0 Å². The Hall–Kier alpha value is -7.90. The second-order valence-corrected chi connectivity index (χ2v) is 12.6. The smallest absolute Gasteiger partial charge is 0.100 e. The topological polar surface area (TPSA) is 105 Å². The van der Waals surface area contributed by atoms with E-state index in [1.165, 1.54) is 0 Å². The number of hydrogen-bond acceptors (Lipinski definition) is 4. The van der Waals surface area contributed by atoms with Crippen molar-refractivity contribution in [2.24, 2.45) is 0 Å². The van der Waals surface area contributed by atoms with Gasteiger partial charge in [-0.2, -0.15) is 21.0 Å². The van der Waals surface area contributed by atoms with E-state index >= 15 is 0 Å². The van der Waals surface area contributed by atoms with Crippen LogP contribution in [0.1, 0.15) is 22.3 Å². The molecule has 0 fully saturated rings. The lowest BCUT2D eigenvalue weighted by Crippen LogP contribution is -2.00. The first-order valence-corrected chi connectivity index (χ1v) is 16.7. The van der Waals surface area contributed by atoms with E-state index in [4.69, 9.17) is 0 Å². The number of nitriles is 4. The Balaban J connectivity index is 1.23. The fourth-order valence-corrected chi connectivity index (χ4v) is 7.64. The maximum absolute atomic E-state index is 10.8. The molecule has 9 aromatic rings. The number of benzene rings is 7. The van der Waals surface area contributed by atoms with Gasteiger partial charge >= 0.3 is 0 Å². The third-order valence-electron chi connectivity index (χ3n) is 9.89. The van der Waals surface area contributed by atoms with Crippen LogP contribution in [0.25, 0.3) is 77.2 Å². The summed E-state index contributed by atoms with van der Waals surface area (Å²) in [4.78, 5) is 0. The van der Waals surface area contributed by atoms with Crippen LogP contribution in [0.5, 0.6) is 0 Å². The molecule has 0 N–H and O–H groups in total. The van der Waals surface area contributed by atoms with Crippen molar-refractivity contribution in [3.63, 3.8) is 0 Å². The third-order valence-corrected chi connectivity index (χ3v) is 9.89. The Kier molecular flexibility index (Phi) is 6.91. The number of aromatic nitrogens is 2. The fraction of sp³-hybridized carbons (Fsp3) is 0. The van der Waals surface area contributed by atoms with Crippen molar-refractivity contribution in [1.82, 2.24) is 9.13 Å². The average molecular weight is 661 g/mol. The molecule has 9 rings (SSSR count). The molecule has 6 heteroatoms. The zero-order chi connectivity index (χ0) is 35.3. The monoisotopic (exact) mass is 660 g/mol. The highest BCUT2D eigenvalue weighted by Crippen LogP contribution is 2.40. The van der Waals surface area contributed by atoms with Crippen LogP contribution in [-0.2, 0) is 0 Å². The van der Waals surface area contributed by atoms with Crippen LogP contribution in [-0.4, -0.2) is 9.13 Å². The lowest BCUT2D eigenvalue weighted by molar-refractivity contribution is 1.18. The Morgan fingerprint density at radius 2 is 0.904 bits per heavy atom. The molecule has 0 spiro atoms. The van der Waals surface area contributed by atoms with Gasteiger partial charge in [0.25, 0.3) is 0 Å². The maximum Gasteiger partial charge on any atom is 0.100 e. The summed E-state index contributed by atoms with van der Waals surface area (Å²) in [6, 6.07) is 56.6. The third kappa shape index (κ3) is 4.47. The summed E-state index contributed by atoms with van der Waals surface area (Å²) in [5, 5.41) is 44.6. The molecule has 238 valence electrons. The highest BCUT2D eigenvalue weighted by atomic mass is 15.0. The highest BCUT2D eigenvalue weighted by Gasteiger charge is 2.21. The van der Waals surface area contributed by atoms with Crippen LogP contribution in [0, 0.1) is 45.3 Å². The maximum atomic E-state index is 10.8. The first kappa shape index (κ1) is 30.2. The molecule has 0 atom stereocenters. The molecule has 0 unspecified atom stereocenters. The largest absolute Gasteiger partial charge is 0.309 e. The quantitative estimate of drug-likeness (QED) is 0.187. The number of para-hydroxylation sites is 3. The summed E-state index contributed by atoms with van der Waals surface area (Å²) in [6.45, 7) is 0. The molecular formula is C46H24N6. The predicted octanol–water partition coefficient (Wildman–Crippen LogP) is 10.7. The number of nitrogens with zero attached hydrogens (tertiary/aromatic N) is 6. The van der Waals surface area contributed by atoms with E-state index in [1.807, 2.05) is 95.6 Å². The van der Waals surface area contributed by atoms with Crippen LogP contribution in [0.15, 0.2) is 146 Å². The van der Waals surface area contributed by atoms with Crippen molar-refractivity contribution in [3.05, 3.63) is 168 Å². The Labute approximate surface area is 298 Å². The second kappa shape index (κ2) is 11.9. The molecule has 0 saturated carbocycles. The zero-order valence-corrected chi connectivity index (χ0v) is 27.5. The standard InChI is InChI=1S/C46H24N6/c47-25-29-16-20-45-39(22-29)40-23-30(26-48)17-21-46(40)51(45)32-18-19-33(31(24-32)27-49)34-11-7-12-35(41(34)28-50)36-8-1-4-13-42(36)52-43-14-5-2-9-37(43)38-10-3-6-15-44(38)52/h1-24H. The van der Waals surface area contributed by atoms with Crippen LogP contribution in [0.2, 0.25) is 0 Å². The second-order valence-electron chi connectivity index (χ2n) is 12.6. The Morgan fingerprint density at radius 1 is 0.365 bits per heavy atom. The minimum Gasteiger partial charge on any atom is -0.309 e. The summed E-state index contributed by atoms with van der Waals surface area (Å²) in [5.41, 5.74) is 10.5. The number of fused-ring (bicyclic) bond motifs is 6. The van der Waals surface area contributed by atoms with Gasteiger partial charge in [-0.1, -0.05) is 78.9 Å². The van der Waals surface area contributed by atoms with E-state index < -0.39 is 0 Å². The molecule has 0 aliphatic carbocycles. The number of rotatable bonds is 4. The normalized spacial score (nSPS) is 11.0. The van der Waals surface area contributed by atoms with Crippen molar-refractivity contribution < 1.29 is 0 Å². The molecule has 6 nitrogen and oxygen atoms in total. The lowest BCUT2D eigenvalue weighted by Gasteiger charge is -2.17. The van der Waals surface area contributed by atoms with Gasteiger partial charge in [-0.3, -0.25) is 0 Å². The molecule has 0 bridgehead atoms. The summed E-state index contributed by atoms with van der Waals surface area (Å²) >= 11 is 0. The predicted molar refractivity (Wildman–Crippen MR) is 205 cm³/mol. The minimum absolute atomic E-state index is 0.416. The van der Waals surface area contributed by atoms with E-state index in [2.05, 4.69) is 71.3 Å². The Bertz CT molecular complexity index is 3010. The van der Waals surface area contributed by atoms with Crippen molar-refractivity contribution in [2.45, 2.75) is 0 Å². The summed E-state index contributed by atoms with van der Waals surface area (Å²) in [5.74, 6) is 0. The van der Waals surface area contributed by atoms with Crippen LogP contribution >= 0.6 is 0 Å². The van der Waals surface area contributed by atoms with Gasteiger partial charge in [0, 0.05) is 49.5 Å². The molecule has 0 aliphatic heterocycles. The Morgan fingerprint density at radius 3 is 1.50 bits per heavy atom. The molecule has 0 saturated heterocycles. The summed E-state index contributed by atoms with van der Waals surface area (Å²) < 4.78 is 4.30. The first-order valence-electron chi connectivity index (χ1n) is 16.7. The van der Waals surface area contributed by atoms with Crippen LogP contribution in [0.3, 0.4) is 0 Å². The van der Waals surface area contributed by atoms with Crippen molar-refractivity contribution in [2.75, 3.05) is 0 Å². The van der Waals surface area contributed by atoms with E-state index in [9.17, 15) is 21.0 Å². The molecule has 0 radical (unpaired) electrons. The molecule has 2 aromatic heterocycles. The summed E-state index contributed by atoms with van der Waals surface area (Å²) in [6.07, 6.45) is 0. The van der Waals surface area contributed by atoms with Gasteiger partial charge in [0.05, 0.1) is 68.2 Å². The van der Waals surface area contributed by atoms with E-state index in [1.54, 1.807) is 12.1 Å². The van der Waals surface area contributed by atoms with Gasteiger partial charge in [0.2, 0.25) is 0 Å². The van der Waals surface area contributed by atoms with Crippen molar-refractivity contribution >= 4 is 43.6 Å². The van der Waals surface area contributed by atoms with E-state index in [0.29, 0.717) is 33.4 Å².